The zero-order valence-corrected chi connectivity index (χ0v) is 5.57. The van der Waals surface area contributed by atoms with Crippen LogP contribution in [0.3, 0.4) is 0 Å². The number of halogens is 4. The van der Waals surface area contributed by atoms with Gasteiger partial charge in [-0.05, 0) is 0 Å². The number of pyridine rings is 1. The van der Waals surface area contributed by atoms with Crippen LogP contribution in [0.1, 0.15) is 12.0 Å². The zero-order valence-electron chi connectivity index (χ0n) is 5.57. The highest BCUT2D eigenvalue weighted by atomic mass is 19.3. The first-order valence-corrected chi connectivity index (χ1v) is 2.88. The molecule has 6 heteroatoms. The van der Waals surface area contributed by atoms with Gasteiger partial charge in [-0.15, -0.1) is 0 Å². The Labute approximate surface area is 63.8 Å². The molecule has 0 amide bonds. The first-order chi connectivity index (χ1) is 5.54. The molecule has 1 N–H and O–H groups in total. The second-order valence-electron chi connectivity index (χ2n) is 1.99. The number of aromatic nitrogens is 1. The number of alkyl halides is 2. The van der Waals surface area contributed by atoms with Crippen LogP contribution in [0.4, 0.5) is 17.6 Å². The topological polar surface area (TPSA) is 32.9 Å². The summed E-state index contributed by atoms with van der Waals surface area (Å²) in [5.41, 5.74) is -3.07. The minimum absolute atomic E-state index is 0.392. The fourth-order valence-electron chi connectivity index (χ4n) is 0.693. The van der Waals surface area contributed by atoms with Gasteiger partial charge in [0.25, 0.3) is 6.43 Å². The highest BCUT2D eigenvalue weighted by Gasteiger charge is 2.20. The Kier molecular flexibility index (Phi) is 2.16. The van der Waals surface area contributed by atoms with Gasteiger partial charge in [-0.1, -0.05) is 0 Å². The second-order valence-corrected chi connectivity index (χ2v) is 1.99. The molecule has 0 atom stereocenters. The van der Waals surface area contributed by atoms with Gasteiger partial charge in [0.15, 0.2) is 5.82 Å². The molecule has 1 aromatic heterocycles. The lowest BCUT2D eigenvalue weighted by Gasteiger charge is -1.99. The van der Waals surface area contributed by atoms with Gasteiger partial charge in [0.1, 0.15) is 5.56 Å². The molecule has 0 saturated carbocycles. The van der Waals surface area contributed by atoms with E-state index in [4.69, 9.17) is 0 Å². The van der Waals surface area contributed by atoms with Crippen molar-refractivity contribution in [3.05, 3.63) is 33.7 Å². The van der Waals surface area contributed by atoms with Crippen molar-refractivity contribution in [3.8, 4) is 0 Å². The van der Waals surface area contributed by atoms with Gasteiger partial charge >= 0.3 is 0 Å². The van der Waals surface area contributed by atoms with Gasteiger partial charge in [-0.3, -0.25) is 4.79 Å². The maximum atomic E-state index is 12.4. The van der Waals surface area contributed by atoms with Crippen LogP contribution in [0, 0.1) is 11.8 Å². The first-order valence-electron chi connectivity index (χ1n) is 2.88. The van der Waals surface area contributed by atoms with Crippen LogP contribution in [0.5, 0.6) is 0 Å². The third kappa shape index (κ3) is 1.32. The standard InChI is InChI=1S/C6H3F4NO/c7-2-1-11-6(10)3(4(2)12)5(8)9/h1,5H,(H,11,12). The fourth-order valence-corrected chi connectivity index (χ4v) is 0.693. The third-order valence-electron chi connectivity index (χ3n) is 1.24. The Hall–Kier alpha value is -1.33. The van der Waals surface area contributed by atoms with Crippen LogP contribution in [-0.4, -0.2) is 4.98 Å². The van der Waals surface area contributed by atoms with Gasteiger partial charge in [0, 0.05) is 6.20 Å². The average molecular weight is 181 g/mol. The van der Waals surface area contributed by atoms with E-state index < -0.39 is 29.2 Å². The van der Waals surface area contributed by atoms with Crippen LogP contribution < -0.4 is 5.43 Å². The zero-order chi connectivity index (χ0) is 9.30. The average Bonchev–Trinajstić information content (AvgIpc) is 1.97. The van der Waals surface area contributed by atoms with Crippen molar-refractivity contribution in [3.63, 3.8) is 0 Å². The summed E-state index contributed by atoms with van der Waals surface area (Å²) in [5, 5.41) is 0. The van der Waals surface area contributed by atoms with Crippen molar-refractivity contribution >= 4 is 0 Å². The van der Waals surface area contributed by atoms with Crippen molar-refractivity contribution < 1.29 is 17.6 Å². The van der Waals surface area contributed by atoms with Gasteiger partial charge in [-0.2, -0.15) is 4.39 Å². The molecule has 0 spiro atoms. The highest BCUT2D eigenvalue weighted by Crippen LogP contribution is 2.16. The maximum absolute atomic E-state index is 12.4. The number of rotatable bonds is 1. The van der Waals surface area contributed by atoms with E-state index in [0.717, 1.165) is 0 Å². The number of nitrogens with one attached hydrogen (secondary N) is 1. The van der Waals surface area contributed by atoms with Crippen molar-refractivity contribution in [1.82, 2.24) is 4.98 Å². The number of hydrogen-bond donors (Lipinski definition) is 1. The molecule has 0 fully saturated rings. The Balaban J connectivity index is 3.44. The van der Waals surface area contributed by atoms with Gasteiger partial charge in [-0.25, -0.2) is 13.2 Å². The lowest BCUT2D eigenvalue weighted by molar-refractivity contribution is 0.143. The summed E-state index contributed by atoms with van der Waals surface area (Å²) in [6.07, 6.45) is -2.92. The van der Waals surface area contributed by atoms with E-state index in [9.17, 15) is 22.4 Å². The van der Waals surface area contributed by atoms with E-state index in [1.807, 2.05) is 0 Å². The van der Waals surface area contributed by atoms with Crippen molar-refractivity contribution in [2.75, 3.05) is 0 Å². The molecule has 0 aliphatic rings. The molecule has 0 aliphatic heterocycles. The van der Waals surface area contributed by atoms with E-state index in [1.165, 1.54) is 0 Å². The molecule has 12 heavy (non-hydrogen) atoms. The second kappa shape index (κ2) is 2.96. The third-order valence-corrected chi connectivity index (χ3v) is 1.24. The van der Waals surface area contributed by atoms with Gasteiger partial charge in [0.2, 0.25) is 11.4 Å². The van der Waals surface area contributed by atoms with Crippen molar-refractivity contribution in [1.29, 1.82) is 0 Å². The largest absolute Gasteiger partial charge is 0.335 e. The highest BCUT2D eigenvalue weighted by molar-refractivity contribution is 5.13. The summed E-state index contributed by atoms with van der Waals surface area (Å²) in [6.45, 7) is 0. The molecule has 0 bridgehead atoms. The molecular formula is C6H3F4NO. The molecule has 0 aliphatic carbocycles. The SMILES string of the molecule is O=c1c(F)c[nH]c(F)c1C(F)F. The summed E-state index contributed by atoms with van der Waals surface area (Å²) < 4.78 is 48.3. The summed E-state index contributed by atoms with van der Waals surface area (Å²) in [7, 11) is 0. The van der Waals surface area contributed by atoms with Crippen LogP contribution in [-0.2, 0) is 0 Å². The summed E-state index contributed by atoms with van der Waals surface area (Å²) in [5.74, 6) is -2.93. The van der Waals surface area contributed by atoms with E-state index in [2.05, 4.69) is 0 Å². The van der Waals surface area contributed by atoms with Gasteiger partial charge in [0.05, 0.1) is 0 Å². The molecule has 66 valence electrons. The molecule has 1 aromatic rings. The summed E-state index contributed by atoms with van der Waals surface area (Å²) >= 11 is 0. The van der Waals surface area contributed by atoms with E-state index >= 15 is 0 Å². The monoisotopic (exact) mass is 181 g/mol. The molecule has 2 nitrogen and oxygen atoms in total. The van der Waals surface area contributed by atoms with Crippen LogP contribution in [0.25, 0.3) is 0 Å². The summed E-state index contributed by atoms with van der Waals surface area (Å²) in [6, 6.07) is 0. The number of aromatic amines is 1. The Morgan fingerprint density at radius 2 is 1.92 bits per heavy atom. The first kappa shape index (κ1) is 8.76. The molecule has 0 radical (unpaired) electrons. The fraction of sp³-hybridized carbons (Fsp3) is 0.167. The quantitative estimate of drug-likeness (QED) is 0.517. The number of H-pyrrole nitrogens is 1. The predicted molar refractivity (Wildman–Crippen MR) is 31.9 cm³/mol. The van der Waals surface area contributed by atoms with Crippen molar-refractivity contribution in [2.45, 2.75) is 6.43 Å². The Bertz CT molecular complexity index is 346. The van der Waals surface area contributed by atoms with E-state index in [-0.39, 0.29) is 0 Å². The Morgan fingerprint density at radius 1 is 1.33 bits per heavy atom. The maximum Gasteiger partial charge on any atom is 0.272 e. The van der Waals surface area contributed by atoms with Gasteiger partial charge < -0.3 is 4.98 Å². The van der Waals surface area contributed by atoms with Crippen LogP contribution >= 0.6 is 0 Å². The Morgan fingerprint density at radius 3 is 2.33 bits per heavy atom. The molecule has 1 heterocycles. The minimum atomic E-state index is -3.32. The molecule has 1 rings (SSSR count). The van der Waals surface area contributed by atoms with Crippen molar-refractivity contribution in [2.24, 2.45) is 0 Å². The lowest BCUT2D eigenvalue weighted by Crippen LogP contribution is -2.16. The van der Waals surface area contributed by atoms with Crippen LogP contribution in [0.15, 0.2) is 11.0 Å². The minimum Gasteiger partial charge on any atom is -0.335 e. The number of hydrogen-bond acceptors (Lipinski definition) is 1. The molecular weight excluding hydrogens is 178 g/mol. The molecule has 0 aromatic carbocycles. The van der Waals surface area contributed by atoms with E-state index in [0.29, 0.717) is 6.20 Å². The van der Waals surface area contributed by atoms with Crippen LogP contribution in [0.2, 0.25) is 0 Å². The normalized spacial score (nSPS) is 10.8. The summed E-state index contributed by atoms with van der Waals surface area (Å²) in [4.78, 5) is 12.1. The predicted octanol–water partition coefficient (Wildman–Crippen LogP) is 1.59. The van der Waals surface area contributed by atoms with E-state index in [1.54, 1.807) is 4.98 Å². The lowest BCUT2D eigenvalue weighted by atomic mass is 10.3. The molecule has 0 saturated heterocycles. The molecule has 0 unspecified atom stereocenters. The smallest absolute Gasteiger partial charge is 0.272 e.